The molecular formula is C20H15F4N5O3S. The van der Waals surface area contributed by atoms with E-state index in [1.807, 2.05) is 0 Å². The van der Waals surface area contributed by atoms with Crippen molar-refractivity contribution in [2.75, 3.05) is 22.1 Å². The summed E-state index contributed by atoms with van der Waals surface area (Å²) in [6.45, 7) is 0. The number of alkyl halides is 3. The molecule has 3 aromatic rings. The van der Waals surface area contributed by atoms with Crippen LogP contribution in [0.15, 0.2) is 58.5 Å². The monoisotopic (exact) mass is 481 g/mol. The number of H-pyrrole nitrogens is 1. The number of carbonyl (C=O) groups is 2. The van der Waals surface area contributed by atoms with Crippen molar-refractivity contribution < 1.29 is 27.2 Å². The first-order valence-electron chi connectivity index (χ1n) is 9.10. The van der Waals surface area contributed by atoms with E-state index in [2.05, 4.69) is 20.6 Å². The van der Waals surface area contributed by atoms with E-state index < -0.39 is 40.6 Å². The van der Waals surface area contributed by atoms with Crippen molar-refractivity contribution in [1.82, 2.24) is 9.97 Å². The van der Waals surface area contributed by atoms with Crippen LogP contribution in [0.5, 0.6) is 0 Å². The molecule has 0 saturated heterocycles. The molecule has 0 aliphatic heterocycles. The number of nitrogens with two attached hydrogens (primary N) is 1. The number of hydrogen-bond donors (Lipinski definition) is 4. The van der Waals surface area contributed by atoms with Gasteiger partial charge in [-0.15, -0.1) is 0 Å². The number of carbonyl (C=O) groups excluding carboxylic acids is 2. The van der Waals surface area contributed by atoms with Crippen LogP contribution >= 0.6 is 11.8 Å². The van der Waals surface area contributed by atoms with Crippen LogP contribution in [0.4, 0.5) is 34.8 Å². The van der Waals surface area contributed by atoms with Gasteiger partial charge in [-0.3, -0.25) is 19.4 Å². The van der Waals surface area contributed by atoms with Crippen LogP contribution < -0.4 is 21.9 Å². The zero-order valence-electron chi connectivity index (χ0n) is 16.5. The quantitative estimate of drug-likeness (QED) is 0.242. The number of anilines is 3. The van der Waals surface area contributed by atoms with Gasteiger partial charge in [0.2, 0.25) is 5.91 Å². The van der Waals surface area contributed by atoms with Gasteiger partial charge in [-0.05, 0) is 30.3 Å². The third kappa shape index (κ3) is 6.10. The first kappa shape index (κ1) is 23.8. The van der Waals surface area contributed by atoms with Crippen LogP contribution in [0.25, 0.3) is 0 Å². The largest absolute Gasteiger partial charge is 0.416 e. The summed E-state index contributed by atoms with van der Waals surface area (Å²) < 4.78 is 52.0. The van der Waals surface area contributed by atoms with E-state index >= 15 is 0 Å². The molecule has 0 aliphatic carbocycles. The average molecular weight is 481 g/mol. The summed E-state index contributed by atoms with van der Waals surface area (Å²) in [5.41, 5.74) is 3.20. The lowest BCUT2D eigenvalue weighted by Crippen LogP contribution is -2.24. The molecule has 0 unspecified atom stereocenters. The van der Waals surface area contributed by atoms with Gasteiger partial charge in [-0.2, -0.15) is 13.2 Å². The highest BCUT2D eigenvalue weighted by molar-refractivity contribution is 7.99. The molecule has 0 aliphatic rings. The number of aromatic amines is 1. The van der Waals surface area contributed by atoms with Gasteiger partial charge in [0.05, 0.1) is 16.9 Å². The number of aromatic nitrogens is 2. The predicted molar refractivity (Wildman–Crippen MR) is 114 cm³/mol. The summed E-state index contributed by atoms with van der Waals surface area (Å²) in [4.78, 5) is 42.7. The Labute approximate surface area is 187 Å². The number of halogens is 4. The van der Waals surface area contributed by atoms with Gasteiger partial charge in [0.15, 0.2) is 11.0 Å². The van der Waals surface area contributed by atoms with Gasteiger partial charge in [0, 0.05) is 5.69 Å². The van der Waals surface area contributed by atoms with Crippen molar-refractivity contribution in [1.29, 1.82) is 0 Å². The third-order valence-corrected chi connectivity index (χ3v) is 4.97. The molecule has 0 spiro atoms. The lowest BCUT2D eigenvalue weighted by molar-refractivity contribution is -0.137. The molecule has 1 heterocycles. The van der Waals surface area contributed by atoms with Crippen molar-refractivity contribution in [2.45, 2.75) is 11.3 Å². The second-order valence-electron chi connectivity index (χ2n) is 6.48. The Bertz CT molecular complexity index is 1260. The molecule has 13 heteroatoms. The lowest BCUT2D eigenvalue weighted by atomic mass is 10.2. The number of nitrogen functional groups attached to an aromatic ring is 1. The fourth-order valence-electron chi connectivity index (χ4n) is 2.59. The second kappa shape index (κ2) is 9.73. The molecule has 0 saturated carbocycles. The molecule has 2 amide bonds. The standard InChI is InChI=1S/C20H15F4N5O3S/c21-13-7-2-1-6-12(13)17(31)27-15-16(25)28-19(29-18(15)32)33-9-14(30)26-11-5-3-4-10(8-11)20(22,23)24/h1-8H,9H2,(H,26,30)(H,27,31)(H3,25,28,29,32). The normalized spacial score (nSPS) is 11.2. The molecular weight excluding hydrogens is 466 g/mol. The van der Waals surface area contributed by atoms with Crippen molar-refractivity contribution in [3.8, 4) is 0 Å². The zero-order chi connectivity index (χ0) is 24.2. The topological polar surface area (TPSA) is 130 Å². The molecule has 2 aromatic carbocycles. The van der Waals surface area contributed by atoms with Gasteiger partial charge in [0.25, 0.3) is 11.5 Å². The molecule has 0 atom stereocenters. The second-order valence-corrected chi connectivity index (χ2v) is 7.44. The van der Waals surface area contributed by atoms with Crippen LogP contribution in [-0.2, 0) is 11.0 Å². The van der Waals surface area contributed by atoms with Crippen LogP contribution in [0.3, 0.4) is 0 Å². The van der Waals surface area contributed by atoms with E-state index in [1.54, 1.807) is 0 Å². The highest BCUT2D eigenvalue weighted by atomic mass is 32.2. The highest BCUT2D eigenvalue weighted by Gasteiger charge is 2.30. The zero-order valence-corrected chi connectivity index (χ0v) is 17.3. The van der Waals surface area contributed by atoms with Gasteiger partial charge in [-0.25, -0.2) is 9.37 Å². The SMILES string of the molecule is Nc1nc(SCC(=O)Nc2cccc(C(F)(F)F)c2)[nH]c(=O)c1NC(=O)c1ccccc1F. The maximum absolute atomic E-state index is 13.7. The van der Waals surface area contributed by atoms with E-state index in [0.717, 1.165) is 36.0 Å². The summed E-state index contributed by atoms with van der Waals surface area (Å²) in [5.74, 6) is -3.04. The Balaban J connectivity index is 1.65. The summed E-state index contributed by atoms with van der Waals surface area (Å²) in [6.07, 6.45) is -4.56. The lowest BCUT2D eigenvalue weighted by Gasteiger charge is -2.10. The molecule has 5 N–H and O–H groups in total. The van der Waals surface area contributed by atoms with Crippen LogP contribution in [0.1, 0.15) is 15.9 Å². The Morgan fingerprint density at radius 1 is 1.09 bits per heavy atom. The number of nitrogens with zero attached hydrogens (tertiary/aromatic N) is 1. The van der Waals surface area contributed by atoms with Crippen molar-refractivity contribution in [3.05, 3.63) is 75.8 Å². The number of thioether (sulfide) groups is 1. The fraction of sp³-hybridized carbons (Fsp3) is 0.100. The highest BCUT2D eigenvalue weighted by Crippen LogP contribution is 2.30. The van der Waals surface area contributed by atoms with Crippen LogP contribution in [0, 0.1) is 5.82 Å². The molecule has 0 bridgehead atoms. The van der Waals surface area contributed by atoms with E-state index in [1.165, 1.54) is 24.3 Å². The first-order valence-corrected chi connectivity index (χ1v) is 10.1. The average Bonchev–Trinajstić information content (AvgIpc) is 2.74. The van der Waals surface area contributed by atoms with Crippen molar-refractivity contribution in [3.63, 3.8) is 0 Å². The Morgan fingerprint density at radius 3 is 2.48 bits per heavy atom. The number of rotatable bonds is 6. The van der Waals surface area contributed by atoms with Gasteiger partial charge in [0.1, 0.15) is 11.5 Å². The van der Waals surface area contributed by atoms with Gasteiger partial charge < -0.3 is 16.4 Å². The van der Waals surface area contributed by atoms with Crippen molar-refractivity contribution in [2.24, 2.45) is 0 Å². The van der Waals surface area contributed by atoms with Crippen LogP contribution in [0.2, 0.25) is 0 Å². The third-order valence-electron chi connectivity index (χ3n) is 4.10. The Hall–Kier alpha value is -3.87. The molecule has 33 heavy (non-hydrogen) atoms. The predicted octanol–water partition coefficient (Wildman–Crippen LogP) is 3.49. The summed E-state index contributed by atoms with van der Waals surface area (Å²) in [5, 5.41) is 4.43. The Morgan fingerprint density at radius 2 is 1.82 bits per heavy atom. The molecule has 8 nitrogen and oxygen atoms in total. The number of amides is 2. The smallest absolute Gasteiger partial charge is 0.382 e. The fourth-order valence-corrected chi connectivity index (χ4v) is 3.26. The molecule has 0 radical (unpaired) electrons. The van der Waals surface area contributed by atoms with Crippen molar-refractivity contribution >= 4 is 40.8 Å². The molecule has 1 aromatic heterocycles. The maximum atomic E-state index is 13.7. The Kier molecular flexibility index (Phi) is 7.01. The van der Waals surface area contributed by atoms with Crippen LogP contribution in [-0.4, -0.2) is 27.5 Å². The minimum absolute atomic E-state index is 0.0532. The summed E-state index contributed by atoms with van der Waals surface area (Å²) in [6, 6.07) is 9.23. The summed E-state index contributed by atoms with van der Waals surface area (Å²) >= 11 is 0.759. The molecule has 0 fully saturated rings. The van der Waals surface area contributed by atoms with E-state index in [4.69, 9.17) is 5.73 Å². The maximum Gasteiger partial charge on any atom is 0.416 e. The number of benzene rings is 2. The van der Waals surface area contributed by atoms with Gasteiger partial charge >= 0.3 is 6.18 Å². The van der Waals surface area contributed by atoms with E-state index in [0.29, 0.717) is 0 Å². The minimum atomic E-state index is -4.56. The van der Waals surface area contributed by atoms with E-state index in [-0.39, 0.29) is 28.0 Å². The van der Waals surface area contributed by atoms with E-state index in [9.17, 15) is 31.9 Å². The number of hydrogen-bond acceptors (Lipinski definition) is 6. The molecule has 172 valence electrons. The summed E-state index contributed by atoms with van der Waals surface area (Å²) in [7, 11) is 0. The first-order chi connectivity index (χ1) is 15.5. The van der Waals surface area contributed by atoms with Gasteiger partial charge in [-0.1, -0.05) is 30.0 Å². The molecule has 3 rings (SSSR count). The number of nitrogens with one attached hydrogen (secondary N) is 3. The minimum Gasteiger partial charge on any atom is -0.382 e.